The lowest BCUT2D eigenvalue weighted by atomic mass is 9.83. The highest BCUT2D eigenvalue weighted by Gasteiger charge is 2.27. The van der Waals surface area contributed by atoms with Crippen molar-refractivity contribution in [1.82, 2.24) is 9.55 Å². The minimum Gasteiger partial charge on any atom is -0.477 e. The number of hydrogen-bond donors (Lipinski definition) is 2. The fourth-order valence-corrected chi connectivity index (χ4v) is 4.87. The number of aromatic nitrogens is 2. The second-order valence-corrected chi connectivity index (χ2v) is 8.72. The minimum atomic E-state index is -1.33. The van der Waals surface area contributed by atoms with E-state index in [-0.39, 0.29) is 41.0 Å². The summed E-state index contributed by atoms with van der Waals surface area (Å²) in [4.78, 5) is 29.2. The van der Waals surface area contributed by atoms with E-state index in [1.54, 1.807) is 16.7 Å². The van der Waals surface area contributed by atoms with Crippen LogP contribution in [0.2, 0.25) is 5.02 Å². The Hall–Kier alpha value is -2.77. The monoisotopic (exact) mass is 458 g/mol. The summed E-state index contributed by atoms with van der Waals surface area (Å²) in [6.45, 7) is -0.169. The molecule has 0 saturated heterocycles. The van der Waals surface area contributed by atoms with Crippen LogP contribution < -0.4 is 5.43 Å². The van der Waals surface area contributed by atoms with Crippen molar-refractivity contribution in [3.63, 3.8) is 0 Å². The molecule has 0 spiro atoms. The number of rotatable bonds is 6. The molecule has 0 unspecified atom stereocenters. The number of carbonyl (C=O) groups is 1. The first-order valence-electron chi connectivity index (χ1n) is 10.7. The van der Waals surface area contributed by atoms with Gasteiger partial charge in [-0.25, -0.2) is 9.18 Å². The van der Waals surface area contributed by atoms with E-state index >= 15 is 0 Å². The molecule has 2 heterocycles. The second-order valence-electron chi connectivity index (χ2n) is 8.31. The van der Waals surface area contributed by atoms with Crippen LogP contribution in [0.5, 0.6) is 0 Å². The van der Waals surface area contributed by atoms with Crippen molar-refractivity contribution < 1.29 is 19.4 Å². The molecule has 2 aromatic heterocycles. The maximum Gasteiger partial charge on any atom is 0.341 e. The first kappa shape index (κ1) is 22.4. The number of aliphatic hydroxyl groups is 1. The zero-order chi connectivity index (χ0) is 22.8. The summed E-state index contributed by atoms with van der Waals surface area (Å²) in [5.41, 5.74) is 0.217. The number of halogens is 2. The Morgan fingerprint density at radius 2 is 2.03 bits per heavy atom. The molecular formula is C24H24ClFN2O4. The fraction of sp³-hybridized carbons (Fsp3) is 0.375. The lowest BCUT2D eigenvalue weighted by Crippen LogP contribution is -2.28. The Morgan fingerprint density at radius 1 is 1.28 bits per heavy atom. The molecule has 0 radical (unpaired) electrons. The summed E-state index contributed by atoms with van der Waals surface area (Å²) in [6, 6.07) is 5.83. The Kier molecular flexibility index (Phi) is 6.58. The van der Waals surface area contributed by atoms with Gasteiger partial charge in [-0.1, -0.05) is 43.0 Å². The topological polar surface area (TPSA) is 92.4 Å². The van der Waals surface area contributed by atoms with Gasteiger partial charge in [0.25, 0.3) is 0 Å². The van der Waals surface area contributed by atoms with Gasteiger partial charge in [0.15, 0.2) is 0 Å². The van der Waals surface area contributed by atoms with Crippen molar-refractivity contribution in [1.29, 1.82) is 0 Å². The molecule has 8 heteroatoms. The van der Waals surface area contributed by atoms with Gasteiger partial charge in [0.05, 0.1) is 29.4 Å². The molecule has 1 fully saturated rings. The largest absolute Gasteiger partial charge is 0.477 e. The van der Waals surface area contributed by atoms with Crippen LogP contribution in [0.3, 0.4) is 0 Å². The average molecular weight is 459 g/mol. The van der Waals surface area contributed by atoms with Crippen molar-refractivity contribution in [2.75, 3.05) is 6.61 Å². The molecule has 0 aliphatic heterocycles. The third-order valence-corrected chi connectivity index (χ3v) is 6.64. The summed E-state index contributed by atoms with van der Waals surface area (Å²) in [6.07, 6.45) is 8.04. The van der Waals surface area contributed by atoms with Gasteiger partial charge in [-0.3, -0.25) is 9.78 Å². The lowest BCUT2D eigenvalue weighted by Gasteiger charge is -2.32. The van der Waals surface area contributed by atoms with E-state index in [0.717, 1.165) is 32.1 Å². The standard InChI is InChI=1S/C24H24ClFN2O4/c25-19-8-4-7-15(22(19)26)9-16-10-17-20(11-27-16)28(12-18(23(17)30)24(31)32)21(13-29)14-5-2-1-3-6-14/h4,7-8,10-12,14,21,29H,1-3,5-6,9,13H2,(H,31,32)/t21-/m1/s1. The molecule has 1 aliphatic rings. The number of nitrogens with zero attached hydrogens (tertiary/aromatic N) is 2. The average Bonchev–Trinajstić information content (AvgIpc) is 2.79. The van der Waals surface area contributed by atoms with Gasteiger partial charge in [0.2, 0.25) is 5.43 Å². The third-order valence-electron chi connectivity index (χ3n) is 6.35. The Balaban J connectivity index is 1.84. The first-order chi connectivity index (χ1) is 15.4. The fourth-order valence-electron chi connectivity index (χ4n) is 4.68. The highest BCUT2D eigenvalue weighted by molar-refractivity contribution is 6.30. The summed E-state index contributed by atoms with van der Waals surface area (Å²) in [5.74, 6) is -1.70. The number of aliphatic hydroxyl groups excluding tert-OH is 1. The molecule has 32 heavy (non-hydrogen) atoms. The lowest BCUT2D eigenvalue weighted by molar-refractivity contribution is 0.0693. The minimum absolute atomic E-state index is 0.00271. The van der Waals surface area contributed by atoms with Gasteiger partial charge in [-0.15, -0.1) is 0 Å². The number of fused-ring (bicyclic) bond motifs is 1. The van der Waals surface area contributed by atoms with E-state index in [9.17, 15) is 24.2 Å². The zero-order valence-electron chi connectivity index (χ0n) is 17.4. The van der Waals surface area contributed by atoms with Crippen LogP contribution in [-0.2, 0) is 6.42 Å². The first-order valence-corrected chi connectivity index (χ1v) is 11.1. The highest BCUT2D eigenvalue weighted by atomic mass is 35.5. The molecule has 1 aromatic carbocycles. The van der Waals surface area contributed by atoms with E-state index in [4.69, 9.17) is 11.6 Å². The predicted octanol–water partition coefficient (Wildman–Crippen LogP) is 4.59. The van der Waals surface area contributed by atoms with Gasteiger partial charge in [0.1, 0.15) is 11.4 Å². The molecule has 6 nitrogen and oxygen atoms in total. The van der Waals surface area contributed by atoms with Gasteiger partial charge < -0.3 is 14.8 Å². The molecule has 1 aliphatic carbocycles. The number of benzene rings is 1. The highest BCUT2D eigenvalue weighted by Crippen LogP contribution is 2.34. The maximum absolute atomic E-state index is 14.3. The quantitative estimate of drug-likeness (QED) is 0.563. The number of carboxylic acids is 1. The van der Waals surface area contributed by atoms with E-state index in [1.165, 1.54) is 24.5 Å². The van der Waals surface area contributed by atoms with Crippen LogP contribution >= 0.6 is 11.6 Å². The zero-order valence-corrected chi connectivity index (χ0v) is 18.2. The SMILES string of the molecule is O=C(O)c1cn([C@H](CO)C2CCCCC2)c2cnc(Cc3cccc(Cl)c3F)cc2c1=O. The molecule has 168 valence electrons. The van der Waals surface area contributed by atoms with Crippen molar-refractivity contribution in [2.24, 2.45) is 5.92 Å². The summed E-state index contributed by atoms with van der Waals surface area (Å²) in [5, 5.41) is 20.0. The third kappa shape index (κ3) is 4.27. The molecule has 0 bridgehead atoms. The van der Waals surface area contributed by atoms with Gasteiger partial charge in [-0.2, -0.15) is 0 Å². The van der Waals surface area contributed by atoms with Crippen LogP contribution in [-0.4, -0.2) is 32.3 Å². The van der Waals surface area contributed by atoms with Crippen molar-refractivity contribution in [2.45, 2.75) is 44.6 Å². The summed E-state index contributed by atoms with van der Waals surface area (Å²) in [7, 11) is 0. The van der Waals surface area contributed by atoms with Crippen LogP contribution in [0.25, 0.3) is 10.9 Å². The van der Waals surface area contributed by atoms with Crippen LogP contribution in [0.15, 0.2) is 41.5 Å². The van der Waals surface area contributed by atoms with E-state index in [1.807, 2.05) is 0 Å². The van der Waals surface area contributed by atoms with Gasteiger partial charge in [-0.05, 0) is 36.5 Å². The van der Waals surface area contributed by atoms with E-state index in [2.05, 4.69) is 4.98 Å². The Labute approximate surface area is 189 Å². The second kappa shape index (κ2) is 9.38. The molecule has 2 N–H and O–H groups in total. The van der Waals surface area contributed by atoms with E-state index in [0.29, 0.717) is 16.8 Å². The van der Waals surface area contributed by atoms with Crippen molar-refractivity contribution >= 4 is 28.5 Å². The van der Waals surface area contributed by atoms with Crippen LogP contribution in [0.1, 0.15) is 59.8 Å². The van der Waals surface area contributed by atoms with Crippen molar-refractivity contribution in [3.8, 4) is 0 Å². The predicted molar refractivity (Wildman–Crippen MR) is 120 cm³/mol. The molecule has 3 aromatic rings. The molecular weight excluding hydrogens is 435 g/mol. The molecule has 0 amide bonds. The maximum atomic E-state index is 14.3. The molecule has 4 rings (SSSR count). The summed E-state index contributed by atoms with van der Waals surface area (Å²) >= 11 is 5.86. The van der Waals surface area contributed by atoms with Crippen LogP contribution in [0.4, 0.5) is 4.39 Å². The molecule has 1 saturated carbocycles. The smallest absolute Gasteiger partial charge is 0.341 e. The van der Waals surface area contributed by atoms with E-state index < -0.39 is 17.2 Å². The number of hydrogen-bond acceptors (Lipinski definition) is 4. The Morgan fingerprint density at radius 3 is 2.72 bits per heavy atom. The van der Waals surface area contributed by atoms with Gasteiger partial charge >= 0.3 is 5.97 Å². The summed E-state index contributed by atoms with van der Waals surface area (Å²) < 4.78 is 16.0. The molecule has 1 atom stereocenters. The number of aromatic carboxylic acids is 1. The number of carboxylic acid groups (broad SMARTS) is 1. The number of pyridine rings is 2. The van der Waals surface area contributed by atoms with Crippen LogP contribution in [0, 0.1) is 11.7 Å². The van der Waals surface area contributed by atoms with Gasteiger partial charge in [0, 0.05) is 23.7 Å². The normalized spacial score (nSPS) is 15.7. The van der Waals surface area contributed by atoms with Crippen molar-refractivity contribution in [3.05, 3.63) is 74.5 Å². The Bertz CT molecular complexity index is 1220.